The molecule has 2 N–H and O–H groups in total. The Morgan fingerprint density at radius 2 is 1.92 bits per heavy atom. The average molecular weight is 183 g/mol. The number of aromatic hydroxyl groups is 1. The molecule has 0 aliphatic rings. The summed E-state index contributed by atoms with van der Waals surface area (Å²) in [5.74, 6) is -2.10. The zero-order valence-corrected chi connectivity index (χ0v) is 6.86. The smallest absolute Gasteiger partial charge is 0.177 e. The summed E-state index contributed by atoms with van der Waals surface area (Å²) in [4.78, 5) is 2.67. The van der Waals surface area contributed by atoms with Gasteiger partial charge in [0.05, 0.1) is 10.9 Å². The zero-order valence-electron chi connectivity index (χ0n) is 6.86. The number of fused-ring (bicyclic) bond motifs is 1. The second-order valence-corrected chi connectivity index (χ2v) is 2.89. The summed E-state index contributed by atoms with van der Waals surface area (Å²) < 4.78 is 26.4. The van der Waals surface area contributed by atoms with Crippen LogP contribution in [0.5, 0.6) is 5.75 Å². The van der Waals surface area contributed by atoms with Crippen molar-refractivity contribution in [1.29, 1.82) is 0 Å². The van der Waals surface area contributed by atoms with Gasteiger partial charge in [0.1, 0.15) is 0 Å². The van der Waals surface area contributed by atoms with Gasteiger partial charge in [-0.1, -0.05) is 0 Å². The van der Waals surface area contributed by atoms with Crippen molar-refractivity contribution in [2.45, 2.75) is 6.92 Å². The van der Waals surface area contributed by atoms with Gasteiger partial charge >= 0.3 is 0 Å². The van der Waals surface area contributed by atoms with E-state index >= 15 is 0 Å². The maximum atomic E-state index is 13.2. The van der Waals surface area contributed by atoms with Gasteiger partial charge in [-0.2, -0.15) is 0 Å². The monoisotopic (exact) mass is 183 g/mol. The van der Waals surface area contributed by atoms with Gasteiger partial charge in [-0.25, -0.2) is 8.78 Å². The van der Waals surface area contributed by atoms with Crippen LogP contribution in [-0.4, -0.2) is 10.1 Å². The predicted octanol–water partition coefficient (Wildman–Crippen LogP) is 2.46. The molecule has 0 saturated carbocycles. The SMILES string of the molecule is Cc1[nH]c2ccc(O)c(F)c2c1F. The van der Waals surface area contributed by atoms with Crippen LogP contribution in [-0.2, 0) is 0 Å². The summed E-state index contributed by atoms with van der Waals surface area (Å²) >= 11 is 0. The topological polar surface area (TPSA) is 36.0 Å². The van der Waals surface area contributed by atoms with E-state index in [0.29, 0.717) is 5.52 Å². The van der Waals surface area contributed by atoms with Crippen LogP contribution in [0.15, 0.2) is 12.1 Å². The van der Waals surface area contributed by atoms with E-state index < -0.39 is 17.4 Å². The van der Waals surface area contributed by atoms with Crippen molar-refractivity contribution >= 4 is 10.9 Å². The highest BCUT2D eigenvalue weighted by atomic mass is 19.1. The molecule has 1 aromatic heterocycles. The highest BCUT2D eigenvalue weighted by molar-refractivity contribution is 5.83. The van der Waals surface area contributed by atoms with Crippen molar-refractivity contribution < 1.29 is 13.9 Å². The number of aromatic amines is 1. The Hall–Kier alpha value is -1.58. The summed E-state index contributed by atoms with van der Waals surface area (Å²) in [6.07, 6.45) is 0. The Labute approximate surface area is 72.8 Å². The van der Waals surface area contributed by atoms with Gasteiger partial charge in [0, 0.05) is 5.69 Å². The van der Waals surface area contributed by atoms with Crippen LogP contribution in [0.3, 0.4) is 0 Å². The van der Waals surface area contributed by atoms with E-state index in [-0.39, 0.29) is 11.1 Å². The standard InChI is InChI=1S/C9H7F2NO/c1-4-8(10)7-5(12-4)2-3-6(13)9(7)11/h2-3,12-13H,1H3. The number of hydrogen-bond donors (Lipinski definition) is 2. The van der Waals surface area contributed by atoms with E-state index in [2.05, 4.69) is 4.98 Å². The lowest BCUT2D eigenvalue weighted by Crippen LogP contribution is -1.80. The van der Waals surface area contributed by atoms with Gasteiger partial charge in [0.25, 0.3) is 0 Å². The number of nitrogens with one attached hydrogen (secondary N) is 1. The molecule has 0 fully saturated rings. The van der Waals surface area contributed by atoms with Gasteiger partial charge < -0.3 is 10.1 Å². The number of hydrogen-bond acceptors (Lipinski definition) is 1. The molecule has 4 heteroatoms. The molecule has 0 aliphatic heterocycles. The lowest BCUT2D eigenvalue weighted by Gasteiger charge is -1.95. The minimum absolute atomic E-state index is 0.183. The van der Waals surface area contributed by atoms with E-state index in [1.165, 1.54) is 19.1 Å². The predicted molar refractivity (Wildman–Crippen MR) is 44.6 cm³/mol. The van der Waals surface area contributed by atoms with Crippen molar-refractivity contribution in [1.82, 2.24) is 4.98 Å². The van der Waals surface area contributed by atoms with Crippen molar-refractivity contribution in [3.05, 3.63) is 29.5 Å². The molecule has 0 bridgehead atoms. The third-order valence-electron chi connectivity index (χ3n) is 1.99. The Bertz CT molecular complexity index is 476. The minimum atomic E-state index is -0.917. The van der Waals surface area contributed by atoms with Crippen LogP contribution >= 0.6 is 0 Å². The Morgan fingerprint density at radius 3 is 2.62 bits per heavy atom. The van der Waals surface area contributed by atoms with Crippen molar-refractivity contribution in [3.8, 4) is 5.75 Å². The minimum Gasteiger partial charge on any atom is -0.505 e. The molecule has 0 aliphatic carbocycles. The number of benzene rings is 1. The van der Waals surface area contributed by atoms with Crippen LogP contribution in [0.25, 0.3) is 10.9 Å². The molecule has 0 atom stereocenters. The second-order valence-electron chi connectivity index (χ2n) is 2.89. The third-order valence-corrected chi connectivity index (χ3v) is 1.99. The first-order chi connectivity index (χ1) is 6.11. The largest absolute Gasteiger partial charge is 0.505 e. The van der Waals surface area contributed by atoms with Crippen LogP contribution in [0.2, 0.25) is 0 Å². The van der Waals surface area contributed by atoms with Crippen molar-refractivity contribution in [2.24, 2.45) is 0 Å². The summed E-state index contributed by atoms with van der Waals surface area (Å²) in [6, 6.07) is 2.62. The molecule has 1 aromatic carbocycles. The fraction of sp³-hybridized carbons (Fsp3) is 0.111. The number of phenolic OH excluding ortho intramolecular Hbond substituents is 1. The van der Waals surface area contributed by atoms with Gasteiger partial charge in [-0.15, -0.1) is 0 Å². The molecule has 2 aromatic rings. The summed E-state index contributed by atoms with van der Waals surface area (Å²) in [5.41, 5.74) is 0.616. The van der Waals surface area contributed by atoms with Crippen LogP contribution in [0.1, 0.15) is 5.69 Å². The van der Waals surface area contributed by atoms with Gasteiger partial charge in [-0.3, -0.25) is 0 Å². The molecule has 0 unspecified atom stereocenters. The van der Waals surface area contributed by atoms with Crippen molar-refractivity contribution in [3.63, 3.8) is 0 Å². The van der Waals surface area contributed by atoms with Gasteiger partial charge in [0.15, 0.2) is 17.4 Å². The molecule has 0 saturated heterocycles. The fourth-order valence-electron chi connectivity index (χ4n) is 1.33. The quantitative estimate of drug-likeness (QED) is 0.646. The summed E-state index contributed by atoms with van der Waals surface area (Å²) in [6.45, 7) is 1.51. The molecule has 68 valence electrons. The molecule has 2 nitrogen and oxygen atoms in total. The second kappa shape index (κ2) is 2.45. The van der Waals surface area contributed by atoms with E-state index in [0.717, 1.165) is 0 Å². The zero-order chi connectivity index (χ0) is 9.59. The number of aromatic nitrogens is 1. The van der Waals surface area contributed by atoms with E-state index in [1.54, 1.807) is 0 Å². The normalized spacial score (nSPS) is 11.0. The molecule has 1 heterocycles. The molecular formula is C9H7F2NO. The van der Waals surface area contributed by atoms with Crippen molar-refractivity contribution in [2.75, 3.05) is 0 Å². The molecule has 0 spiro atoms. The molecular weight excluding hydrogens is 176 g/mol. The Kier molecular flexibility index (Phi) is 1.52. The lowest BCUT2D eigenvalue weighted by molar-refractivity contribution is 0.435. The number of phenols is 1. The first-order valence-electron chi connectivity index (χ1n) is 3.76. The maximum absolute atomic E-state index is 13.2. The highest BCUT2D eigenvalue weighted by Gasteiger charge is 2.14. The Morgan fingerprint density at radius 1 is 1.23 bits per heavy atom. The van der Waals surface area contributed by atoms with E-state index in [1.807, 2.05) is 0 Å². The number of halogens is 2. The maximum Gasteiger partial charge on any atom is 0.177 e. The number of rotatable bonds is 0. The molecule has 0 radical (unpaired) electrons. The third kappa shape index (κ3) is 0.983. The fourth-order valence-corrected chi connectivity index (χ4v) is 1.33. The Balaban J connectivity index is 2.97. The van der Waals surface area contributed by atoms with E-state index in [4.69, 9.17) is 5.11 Å². The van der Waals surface area contributed by atoms with Gasteiger partial charge in [0.2, 0.25) is 0 Å². The van der Waals surface area contributed by atoms with Gasteiger partial charge in [-0.05, 0) is 19.1 Å². The van der Waals surface area contributed by atoms with Crippen LogP contribution in [0.4, 0.5) is 8.78 Å². The van der Waals surface area contributed by atoms with Crippen LogP contribution in [0, 0.1) is 18.6 Å². The highest BCUT2D eigenvalue weighted by Crippen LogP contribution is 2.28. The van der Waals surface area contributed by atoms with E-state index in [9.17, 15) is 8.78 Å². The first kappa shape index (κ1) is 8.04. The summed E-state index contributed by atoms with van der Waals surface area (Å²) in [5, 5.41) is 8.81. The summed E-state index contributed by atoms with van der Waals surface area (Å²) in [7, 11) is 0. The lowest BCUT2D eigenvalue weighted by atomic mass is 10.2. The number of aryl methyl sites for hydroxylation is 1. The first-order valence-corrected chi connectivity index (χ1v) is 3.76. The van der Waals surface area contributed by atoms with Crippen LogP contribution < -0.4 is 0 Å². The molecule has 13 heavy (non-hydrogen) atoms. The average Bonchev–Trinajstić information content (AvgIpc) is 2.37. The molecule has 2 rings (SSSR count). The number of H-pyrrole nitrogens is 1. The molecule has 0 amide bonds.